The number of halogens is 1. The van der Waals surface area contributed by atoms with E-state index in [9.17, 15) is 4.57 Å². The van der Waals surface area contributed by atoms with Crippen LogP contribution >= 0.6 is 19.2 Å². The van der Waals surface area contributed by atoms with Gasteiger partial charge >= 0.3 is 7.60 Å². The molecule has 0 heterocycles. The number of rotatable bonds is 7. The second-order valence-corrected chi connectivity index (χ2v) is 14.0. The summed E-state index contributed by atoms with van der Waals surface area (Å²) in [6.45, 7) is 11.0. The molecule has 0 bridgehead atoms. The fourth-order valence-corrected chi connectivity index (χ4v) is 9.54. The predicted octanol–water partition coefficient (Wildman–Crippen LogP) is 5.52. The first kappa shape index (κ1) is 17.9. The Balaban J connectivity index is 3.30. The SMILES string of the molecule is CCOP(=O)(OCC)C(c1ccc(Cl)cc1)[Si](C)(C)C. The van der Waals surface area contributed by atoms with E-state index in [0.29, 0.717) is 18.2 Å². The highest BCUT2D eigenvalue weighted by atomic mass is 35.5. The molecule has 3 nitrogen and oxygen atoms in total. The van der Waals surface area contributed by atoms with E-state index >= 15 is 0 Å². The zero-order valence-electron chi connectivity index (χ0n) is 12.9. The van der Waals surface area contributed by atoms with Gasteiger partial charge in [-0.05, 0) is 31.5 Å². The third-order valence-electron chi connectivity index (χ3n) is 2.94. The number of hydrogen-bond donors (Lipinski definition) is 0. The lowest BCUT2D eigenvalue weighted by Crippen LogP contribution is -2.32. The second-order valence-electron chi connectivity index (χ2n) is 5.70. The minimum Gasteiger partial charge on any atom is -0.309 e. The van der Waals surface area contributed by atoms with Crippen molar-refractivity contribution < 1.29 is 13.6 Å². The van der Waals surface area contributed by atoms with Gasteiger partial charge in [0.05, 0.1) is 26.6 Å². The van der Waals surface area contributed by atoms with Crippen molar-refractivity contribution in [3.63, 3.8) is 0 Å². The van der Waals surface area contributed by atoms with E-state index in [1.165, 1.54) is 0 Å². The van der Waals surface area contributed by atoms with Crippen LogP contribution in [0.2, 0.25) is 24.7 Å². The molecule has 1 atom stereocenters. The van der Waals surface area contributed by atoms with E-state index < -0.39 is 15.7 Å². The van der Waals surface area contributed by atoms with Crippen molar-refractivity contribution in [2.75, 3.05) is 13.2 Å². The molecule has 0 aliphatic heterocycles. The molecule has 0 amide bonds. The molecule has 0 spiro atoms. The lowest BCUT2D eigenvalue weighted by atomic mass is 10.2. The first-order valence-electron chi connectivity index (χ1n) is 6.89. The summed E-state index contributed by atoms with van der Waals surface area (Å²) in [5, 5.41) is 0.484. The van der Waals surface area contributed by atoms with Crippen LogP contribution in [0, 0.1) is 0 Å². The van der Waals surface area contributed by atoms with Gasteiger partial charge in [0.25, 0.3) is 0 Å². The largest absolute Gasteiger partial charge is 0.335 e. The highest BCUT2D eigenvalue weighted by molar-refractivity contribution is 7.57. The number of benzene rings is 1. The van der Waals surface area contributed by atoms with E-state index in [4.69, 9.17) is 20.6 Å². The Hall–Kier alpha value is -0.123. The molecule has 0 fully saturated rings. The average molecular weight is 335 g/mol. The van der Waals surface area contributed by atoms with E-state index in [2.05, 4.69) is 19.6 Å². The van der Waals surface area contributed by atoms with Gasteiger partial charge in [0.1, 0.15) is 0 Å². The Kier molecular flexibility index (Phi) is 6.48. The molecule has 20 heavy (non-hydrogen) atoms. The smallest absolute Gasteiger partial charge is 0.309 e. The van der Waals surface area contributed by atoms with E-state index in [-0.39, 0.29) is 5.28 Å². The molecule has 0 N–H and O–H groups in total. The van der Waals surface area contributed by atoms with Crippen LogP contribution < -0.4 is 0 Å². The predicted molar refractivity (Wildman–Crippen MR) is 88.4 cm³/mol. The van der Waals surface area contributed by atoms with Gasteiger partial charge in [-0.3, -0.25) is 4.57 Å². The summed E-state index contributed by atoms with van der Waals surface area (Å²) >= 11 is 5.95. The summed E-state index contributed by atoms with van der Waals surface area (Å²) in [6.07, 6.45) is 0. The first-order valence-corrected chi connectivity index (χ1v) is 12.5. The molecule has 0 saturated carbocycles. The molecule has 0 aliphatic rings. The Bertz CT molecular complexity index is 460. The fourth-order valence-electron chi connectivity index (χ4n) is 2.35. The molecule has 0 aliphatic carbocycles. The molecule has 0 aromatic heterocycles. The molecule has 1 unspecified atom stereocenters. The lowest BCUT2D eigenvalue weighted by molar-refractivity contribution is 0.217. The molecule has 1 rings (SSSR count). The highest BCUT2D eigenvalue weighted by Crippen LogP contribution is 2.64. The quantitative estimate of drug-likeness (QED) is 0.486. The topological polar surface area (TPSA) is 35.5 Å². The Morgan fingerprint density at radius 1 is 1.10 bits per heavy atom. The zero-order valence-corrected chi connectivity index (χ0v) is 15.5. The molecule has 114 valence electrons. The van der Waals surface area contributed by atoms with Crippen molar-refractivity contribution in [1.82, 2.24) is 0 Å². The van der Waals surface area contributed by atoms with Gasteiger partial charge in [-0.15, -0.1) is 0 Å². The summed E-state index contributed by atoms with van der Waals surface area (Å²) in [5.74, 6) is 0. The van der Waals surface area contributed by atoms with E-state index in [1.54, 1.807) is 0 Å². The summed E-state index contributed by atoms with van der Waals surface area (Å²) in [6, 6.07) is 7.50. The van der Waals surface area contributed by atoms with Gasteiger partial charge in [0.2, 0.25) is 0 Å². The van der Waals surface area contributed by atoms with Crippen molar-refractivity contribution >= 4 is 27.3 Å². The summed E-state index contributed by atoms with van der Waals surface area (Å²) in [7, 11) is -4.98. The second kappa shape index (κ2) is 7.23. The van der Waals surface area contributed by atoms with Crippen molar-refractivity contribution in [2.24, 2.45) is 0 Å². The minimum absolute atomic E-state index is 0.188. The third-order valence-corrected chi connectivity index (χ3v) is 10.6. The van der Waals surface area contributed by atoms with Crippen LogP contribution in [0.1, 0.15) is 24.7 Å². The summed E-state index contributed by atoms with van der Waals surface area (Å²) < 4.78 is 24.4. The molecule has 1 aromatic rings. The van der Waals surface area contributed by atoms with Crippen molar-refractivity contribution in [1.29, 1.82) is 0 Å². The van der Waals surface area contributed by atoms with Crippen LogP contribution in [0.15, 0.2) is 24.3 Å². The zero-order chi connectivity index (χ0) is 15.4. The van der Waals surface area contributed by atoms with E-state index in [0.717, 1.165) is 5.56 Å². The molecule has 0 saturated heterocycles. The Morgan fingerprint density at radius 2 is 1.55 bits per heavy atom. The number of hydrogen-bond acceptors (Lipinski definition) is 3. The third kappa shape index (κ3) is 4.44. The maximum atomic E-state index is 13.2. The van der Waals surface area contributed by atoms with Gasteiger partial charge in [-0.25, -0.2) is 0 Å². The first-order chi connectivity index (χ1) is 9.24. The Labute approximate surface area is 128 Å². The van der Waals surface area contributed by atoms with Crippen LogP contribution in [0.3, 0.4) is 0 Å². The van der Waals surface area contributed by atoms with Crippen LogP contribution in [0.4, 0.5) is 0 Å². The maximum Gasteiger partial charge on any atom is 0.335 e. The van der Waals surface area contributed by atoms with Gasteiger partial charge in [0, 0.05) is 5.02 Å². The molecule has 1 aromatic carbocycles. The fraction of sp³-hybridized carbons (Fsp3) is 0.571. The monoisotopic (exact) mass is 334 g/mol. The molecule has 6 heteroatoms. The average Bonchev–Trinajstić information content (AvgIpc) is 2.30. The standard InChI is InChI=1S/C14H24ClO3PSi/c1-6-17-19(16,18-7-2)14(20(3,4)5)12-8-10-13(15)11-9-12/h8-11,14H,6-7H2,1-5H3. The minimum atomic E-state index is -3.17. The molecular weight excluding hydrogens is 311 g/mol. The molecule has 0 radical (unpaired) electrons. The van der Waals surface area contributed by atoms with Crippen molar-refractivity contribution in [3.8, 4) is 0 Å². The molecular formula is C14H24ClO3PSi. The van der Waals surface area contributed by atoms with Gasteiger partial charge in [-0.2, -0.15) is 0 Å². The lowest BCUT2D eigenvalue weighted by Gasteiger charge is -2.34. The van der Waals surface area contributed by atoms with Gasteiger partial charge in [0.15, 0.2) is 0 Å². The summed E-state index contributed by atoms with van der Waals surface area (Å²) in [5.41, 5.74) is 0.985. The van der Waals surface area contributed by atoms with Crippen molar-refractivity contribution in [3.05, 3.63) is 34.9 Å². The van der Waals surface area contributed by atoms with Gasteiger partial charge in [-0.1, -0.05) is 43.4 Å². The van der Waals surface area contributed by atoms with Crippen LogP contribution in [0.25, 0.3) is 0 Å². The normalized spacial score (nSPS) is 14.3. The van der Waals surface area contributed by atoms with E-state index in [1.807, 2.05) is 38.1 Å². The van der Waals surface area contributed by atoms with Gasteiger partial charge < -0.3 is 9.05 Å². The van der Waals surface area contributed by atoms with Crippen LogP contribution in [0.5, 0.6) is 0 Å². The maximum absolute atomic E-state index is 13.2. The highest BCUT2D eigenvalue weighted by Gasteiger charge is 2.45. The summed E-state index contributed by atoms with van der Waals surface area (Å²) in [4.78, 5) is 0. The van der Waals surface area contributed by atoms with Crippen LogP contribution in [-0.4, -0.2) is 21.3 Å². The Morgan fingerprint density at radius 3 is 1.90 bits per heavy atom. The van der Waals surface area contributed by atoms with Crippen LogP contribution in [-0.2, 0) is 13.6 Å². The van der Waals surface area contributed by atoms with Crippen molar-refractivity contribution in [2.45, 2.75) is 38.8 Å².